The predicted molar refractivity (Wildman–Crippen MR) is 95.6 cm³/mol. The number of nitrogen functional groups attached to an aromatic ring is 1. The number of halogens is 3. The summed E-state index contributed by atoms with van der Waals surface area (Å²) in [6.07, 6.45) is -1.39. The summed E-state index contributed by atoms with van der Waals surface area (Å²) in [6.45, 7) is 1.64. The Hall–Kier alpha value is -3.54. The Bertz CT molecular complexity index is 1050. The van der Waals surface area contributed by atoms with Gasteiger partial charge in [0.05, 0.1) is 11.9 Å². The number of nitrogens with two attached hydrogens (primary N) is 1. The molecule has 0 fully saturated rings. The van der Waals surface area contributed by atoms with Crippen LogP contribution in [0.4, 0.5) is 19.0 Å². The summed E-state index contributed by atoms with van der Waals surface area (Å²) in [5.74, 6) is -1.45. The molecule has 0 radical (unpaired) electrons. The first-order valence-electron chi connectivity index (χ1n) is 8.20. The van der Waals surface area contributed by atoms with E-state index in [0.29, 0.717) is 5.56 Å². The molecule has 1 atom stereocenters. The number of nitrogens with zero attached hydrogens (tertiary/aromatic N) is 5. The number of carbonyl (C=O) groups is 1. The summed E-state index contributed by atoms with van der Waals surface area (Å²) in [5, 5.41) is 16.0. The Balaban J connectivity index is 2.18. The van der Waals surface area contributed by atoms with Crippen LogP contribution < -0.4 is 11.1 Å². The van der Waals surface area contributed by atoms with E-state index in [0.717, 1.165) is 19.2 Å². The highest BCUT2D eigenvalue weighted by molar-refractivity contribution is 5.87. The third-order valence-corrected chi connectivity index (χ3v) is 4.31. The number of hydrogen-bond donors (Lipinski definition) is 3. The van der Waals surface area contributed by atoms with Crippen LogP contribution in [0.15, 0.2) is 37.1 Å². The van der Waals surface area contributed by atoms with Crippen molar-refractivity contribution in [2.75, 3.05) is 12.8 Å². The molecule has 0 spiro atoms. The minimum Gasteiger partial charge on any atom is -0.381 e. The van der Waals surface area contributed by atoms with E-state index in [1.807, 2.05) is 5.32 Å². The van der Waals surface area contributed by atoms with Crippen molar-refractivity contribution in [3.63, 3.8) is 0 Å². The van der Waals surface area contributed by atoms with Crippen molar-refractivity contribution in [3.05, 3.63) is 48.2 Å². The maximum Gasteiger partial charge on any atom is 0.430 e. The van der Waals surface area contributed by atoms with Crippen LogP contribution >= 0.6 is 0 Å². The second-order valence-electron chi connectivity index (χ2n) is 6.12. The van der Waals surface area contributed by atoms with Crippen molar-refractivity contribution in [2.24, 2.45) is 0 Å². The minimum atomic E-state index is -5.25. The lowest BCUT2D eigenvalue weighted by Gasteiger charge is -2.29. The number of benzene rings is 1. The Morgan fingerprint density at radius 2 is 2.03 bits per heavy atom. The quantitative estimate of drug-likeness (QED) is 0.590. The second kappa shape index (κ2) is 7.13. The van der Waals surface area contributed by atoms with Gasteiger partial charge in [-0.2, -0.15) is 23.0 Å². The van der Waals surface area contributed by atoms with Crippen LogP contribution in [0.3, 0.4) is 0 Å². The Labute approximate surface area is 162 Å². The number of aromatic nitrogens is 5. The number of nitrogens with one attached hydrogen (secondary N) is 1. The fourth-order valence-corrected chi connectivity index (χ4v) is 2.73. The molecule has 1 amide bonds. The van der Waals surface area contributed by atoms with Crippen LogP contribution in [-0.4, -0.2) is 49.0 Å². The molecule has 152 valence electrons. The molecule has 0 aliphatic heterocycles. The third kappa shape index (κ3) is 3.38. The van der Waals surface area contributed by atoms with Gasteiger partial charge in [-0.05, 0) is 18.6 Å². The molecule has 2 heterocycles. The standard InChI is InChI=1S/C17H16F3N7O2/c1-9-3-4-10(16(29,15(28)22-2)17(18,19)20)5-11(9)12-6-24-13(21)14(26-12)27-8-23-7-25-27/h3-8,29H,1-2H3,(H2,21,24)(H,22,28)/t16-/m0/s1. The Kier molecular flexibility index (Phi) is 4.96. The zero-order chi connectivity index (χ0) is 21.4. The number of rotatable bonds is 4. The number of aryl methyl sites for hydroxylation is 1. The van der Waals surface area contributed by atoms with Crippen molar-refractivity contribution < 1.29 is 23.1 Å². The van der Waals surface area contributed by atoms with E-state index in [9.17, 15) is 23.1 Å². The summed E-state index contributed by atoms with van der Waals surface area (Å²) in [6, 6.07) is 3.42. The topological polar surface area (TPSA) is 132 Å². The van der Waals surface area contributed by atoms with E-state index in [2.05, 4.69) is 20.1 Å². The van der Waals surface area contributed by atoms with Crippen LogP contribution in [0.2, 0.25) is 0 Å². The number of carbonyl (C=O) groups excluding carboxylic acids is 1. The van der Waals surface area contributed by atoms with Crippen LogP contribution in [0.25, 0.3) is 17.1 Å². The first-order valence-corrected chi connectivity index (χ1v) is 8.20. The van der Waals surface area contributed by atoms with Crippen molar-refractivity contribution in [2.45, 2.75) is 18.7 Å². The molecule has 0 aliphatic carbocycles. The Morgan fingerprint density at radius 3 is 2.62 bits per heavy atom. The van der Waals surface area contributed by atoms with Gasteiger partial charge in [-0.3, -0.25) is 4.79 Å². The highest BCUT2D eigenvalue weighted by atomic mass is 19.4. The average Bonchev–Trinajstić information content (AvgIpc) is 3.21. The summed E-state index contributed by atoms with van der Waals surface area (Å²) >= 11 is 0. The summed E-state index contributed by atoms with van der Waals surface area (Å²) in [7, 11) is 1.00. The molecule has 3 aromatic rings. The average molecular weight is 407 g/mol. The van der Waals surface area contributed by atoms with Gasteiger partial charge in [0.15, 0.2) is 11.6 Å². The zero-order valence-electron chi connectivity index (χ0n) is 15.3. The molecule has 4 N–H and O–H groups in total. The molecule has 3 rings (SSSR count). The highest BCUT2D eigenvalue weighted by Crippen LogP contribution is 2.40. The molecule has 0 saturated carbocycles. The molecule has 0 saturated heterocycles. The van der Waals surface area contributed by atoms with Crippen molar-refractivity contribution >= 4 is 11.7 Å². The number of aliphatic hydroxyl groups is 1. The minimum absolute atomic E-state index is 0.0326. The van der Waals surface area contributed by atoms with Gasteiger partial charge in [-0.15, -0.1) is 0 Å². The molecular weight excluding hydrogens is 391 g/mol. The normalized spacial score (nSPS) is 13.7. The second-order valence-corrected chi connectivity index (χ2v) is 6.12. The molecular formula is C17H16F3N7O2. The molecule has 29 heavy (non-hydrogen) atoms. The lowest BCUT2D eigenvalue weighted by atomic mass is 9.89. The number of anilines is 1. The lowest BCUT2D eigenvalue weighted by Crippen LogP contribution is -2.53. The van der Waals surface area contributed by atoms with Gasteiger partial charge < -0.3 is 16.2 Å². The van der Waals surface area contributed by atoms with E-state index in [1.54, 1.807) is 6.92 Å². The maximum atomic E-state index is 13.6. The van der Waals surface area contributed by atoms with Crippen LogP contribution in [0, 0.1) is 6.92 Å². The smallest absolute Gasteiger partial charge is 0.381 e. The predicted octanol–water partition coefficient (Wildman–Crippen LogP) is 1.11. The zero-order valence-corrected chi connectivity index (χ0v) is 15.3. The molecule has 12 heteroatoms. The summed E-state index contributed by atoms with van der Waals surface area (Å²) in [5.41, 5.74) is 2.35. The van der Waals surface area contributed by atoms with Crippen LogP contribution in [0.5, 0.6) is 0 Å². The molecule has 1 aromatic carbocycles. The molecule has 0 bridgehead atoms. The van der Waals surface area contributed by atoms with Gasteiger partial charge in [0.2, 0.25) is 0 Å². The van der Waals surface area contributed by atoms with E-state index in [1.165, 1.54) is 29.6 Å². The van der Waals surface area contributed by atoms with Crippen LogP contribution in [0.1, 0.15) is 11.1 Å². The third-order valence-electron chi connectivity index (χ3n) is 4.31. The number of likely N-dealkylation sites (N-methyl/N-ethyl adjacent to an activating group) is 1. The molecule has 9 nitrogen and oxygen atoms in total. The van der Waals surface area contributed by atoms with E-state index < -0.39 is 23.2 Å². The van der Waals surface area contributed by atoms with Gasteiger partial charge >= 0.3 is 6.18 Å². The first kappa shape index (κ1) is 20.2. The van der Waals surface area contributed by atoms with Gasteiger partial charge in [-0.25, -0.2) is 15.0 Å². The fraction of sp³-hybridized carbons (Fsp3) is 0.235. The fourth-order valence-electron chi connectivity index (χ4n) is 2.73. The first-order chi connectivity index (χ1) is 13.6. The lowest BCUT2D eigenvalue weighted by molar-refractivity contribution is -0.256. The SMILES string of the molecule is CNC(=O)[C@@](O)(c1ccc(C)c(-c2cnc(N)c(-n3cncn3)n2)c1)C(F)(F)F. The molecule has 0 aliphatic rings. The highest BCUT2D eigenvalue weighted by Gasteiger charge is 2.60. The van der Waals surface area contributed by atoms with E-state index in [-0.39, 0.29) is 22.9 Å². The van der Waals surface area contributed by atoms with Crippen LogP contribution in [-0.2, 0) is 10.4 Å². The van der Waals surface area contributed by atoms with E-state index >= 15 is 0 Å². The van der Waals surface area contributed by atoms with Crippen molar-refractivity contribution in [1.29, 1.82) is 0 Å². The van der Waals surface area contributed by atoms with Gasteiger partial charge in [-0.1, -0.05) is 12.1 Å². The number of hydrogen-bond acceptors (Lipinski definition) is 7. The van der Waals surface area contributed by atoms with Gasteiger partial charge in [0, 0.05) is 18.2 Å². The van der Waals surface area contributed by atoms with Crippen molar-refractivity contribution in [1.82, 2.24) is 30.0 Å². The Morgan fingerprint density at radius 1 is 1.31 bits per heavy atom. The molecule has 2 aromatic heterocycles. The molecule has 0 unspecified atom stereocenters. The number of amides is 1. The van der Waals surface area contributed by atoms with Gasteiger partial charge in [0.25, 0.3) is 11.5 Å². The maximum absolute atomic E-state index is 13.6. The van der Waals surface area contributed by atoms with Gasteiger partial charge in [0.1, 0.15) is 12.7 Å². The van der Waals surface area contributed by atoms with E-state index in [4.69, 9.17) is 5.73 Å². The van der Waals surface area contributed by atoms with Crippen molar-refractivity contribution in [3.8, 4) is 17.1 Å². The largest absolute Gasteiger partial charge is 0.430 e. The number of alkyl halides is 3. The summed E-state index contributed by atoms with van der Waals surface area (Å²) < 4.78 is 42.0. The monoisotopic (exact) mass is 407 g/mol. The summed E-state index contributed by atoms with van der Waals surface area (Å²) in [4.78, 5) is 24.0.